The lowest BCUT2D eigenvalue weighted by Gasteiger charge is -2.33. The molecule has 2 aliphatic rings. The van der Waals surface area contributed by atoms with Gasteiger partial charge in [-0.3, -0.25) is 4.90 Å². The van der Waals surface area contributed by atoms with E-state index >= 15 is 0 Å². The van der Waals surface area contributed by atoms with Crippen molar-refractivity contribution >= 4 is 0 Å². The third kappa shape index (κ3) is 2.94. The largest absolute Gasteiger partial charge is 0.304 e. The Hall–Kier alpha value is -0.120. The molecule has 0 amide bonds. The highest BCUT2D eigenvalue weighted by molar-refractivity contribution is 4.83. The minimum Gasteiger partial charge on any atom is -0.304 e. The van der Waals surface area contributed by atoms with Crippen LogP contribution in [-0.2, 0) is 0 Å². The first kappa shape index (κ1) is 10.4. The van der Waals surface area contributed by atoms with Gasteiger partial charge in [0.1, 0.15) is 0 Å². The first-order valence-corrected chi connectivity index (χ1v) is 5.87. The normalized spacial score (nSPS) is 25.9. The van der Waals surface area contributed by atoms with Gasteiger partial charge < -0.3 is 9.80 Å². The molecule has 0 radical (unpaired) electrons. The minimum absolute atomic E-state index is 0.919. The van der Waals surface area contributed by atoms with Crippen molar-refractivity contribution in [3.05, 3.63) is 0 Å². The Bertz CT molecular complexity index is 171. The molecule has 0 spiro atoms. The van der Waals surface area contributed by atoms with Crippen LogP contribution in [0.5, 0.6) is 0 Å². The van der Waals surface area contributed by atoms with Crippen LogP contribution in [0, 0.1) is 0 Å². The summed E-state index contributed by atoms with van der Waals surface area (Å²) in [5.41, 5.74) is 0. The average Bonchev–Trinajstić information content (AvgIpc) is 3.00. The van der Waals surface area contributed by atoms with Crippen molar-refractivity contribution in [2.24, 2.45) is 0 Å². The third-order valence-corrected chi connectivity index (χ3v) is 3.54. The monoisotopic (exact) mass is 197 g/mol. The standard InChI is InChI=1S/C11H23N3/c1-12-5-8-14(9-6-12)10-7-13(2)11-3-4-11/h11H,3-10H2,1-2H3. The van der Waals surface area contributed by atoms with Crippen LogP contribution in [0.2, 0.25) is 0 Å². The highest BCUT2D eigenvalue weighted by Crippen LogP contribution is 2.24. The number of nitrogens with zero attached hydrogens (tertiary/aromatic N) is 3. The van der Waals surface area contributed by atoms with Gasteiger partial charge in [-0.25, -0.2) is 0 Å². The number of rotatable bonds is 4. The van der Waals surface area contributed by atoms with Crippen molar-refractivity contribution in [2.45, 2.75) is 18.9 Å². The van der Waals surface area contributed by atoms with Crippen LogP contribution in [0.4, 0.5) is 0 Å². The Balaban J connectivity index is 1.60. The predicted molar refractivity (Wildman–Crippen MR) is 59.6 cm³/mol. The van der Waals surface area contributed by atoms with E-state index in [0.29, 0.717) is 0 Å². The van der Waals surface area contributed by atoms with Gasteiger partial charge in [0.2, 0.25) is 0 Å². The quantitative estimate of drug-likeness (QED) is 0.643. The summed E-state index contributed by atoms with van der Waals surface area (Å²) < 4.78 is 0. The molecule has 3 heteroatoms. The molecular weight excluding hydrogens is 174 g/mol. The summed E-state index contributed by atoms with van der Waals surface area (Å²) in [7, 11) is 4.49. The topological polar surface area (TPSA) is 9.72 Å². The molecule has 1 heterocycles. The van der Waals surface area contributed by atoms with E-state index in [4.69, 9.17) is 0 Å². The van der Waals surface area contributed by atoms with Crippen molar-refractivity contribution in [1.82, 2.24) is 14.7 Å². The summed E-state index contributed by atoms with van der Waals surface area (Å²) >= 11 is 0. The lowest BCUT2D eigenvalue weighted by Crippen LogP contribution is -2.46. The first-order valence-electron chi connectivity index (χ1n) is 5.87. The van der Waals surface area contributed by atoms with E-state index in [2.05, 4.69) is 28.8 Å². The molecule has 2 rings (SSSR count). The lowest BCUT2D eigenvalue weighted by molar-refractivity contribution is 0.139. The van der Waals surface area contributed by atoms with Gasteiger partial charge in [-0.1, -0.05) is 0 Å². The van der Waals surface area contributed by atoms with Crippen molar-refractivity contribution < 1.29 is 0 Å². The second-order valence-corrected chi connectivity index (χ2v) is 4.86. The molecule has 1 aliphatic carbocycles. The van der Waals surface area contributed by atoms with Crippen molar-refractivity contribution in [2.75, 3.05) is 53.4 Å². The molecule has 0 atom stereocenters. The van der Waals surface area contributed by atoms with E-state index < -0.39 is 0 Å². The molecule has 0 aromatic carbocycles. The second-order valence-electron chi connectivity index (χ2n) is 4.86. The fraction of sp³-hybridized carbons (Fsp3) is 1.00. The molecule has 1 saturated carbocycles. The van der Waals surface area contributed by atoms with Gasteiger partial charge in [0.15, 0.2) is 0 Å². The molecule has 2 fully saturated rings. The summed E-state index contributed by atoms with van der Waals surface area (Å²) in [6, 6.07) is 0.919. The van der Waals surface area contributed by atoms with Crippen LogP contribution in [0.25, 0.3) is 0 Å². The van der Waals surface area contributed by atoms with Gasteiger partial charge >= 0.3 is 0 Å². The van der Waals surface area contributed by atoms with Gasteiger partial charge in [0, 0.05) is 45.3 Å². The second kappa shape index (κ2) is 4.60. The molecule has 1 saturated heterocycles. The van der Waals surface area contributed by atoms with Crippen molar-refractivity contribution in [1.29, 1.82) is 0 Å². The molecule has 3 nitrogen and oxygen atoms in total. The SMILES string of the molecule is CN1CCN(CCN(C)C2CC2)CC1. The number of piperazine rings is 1. The van der Waals surface area contributed by atoms with E-state index in [1.54, 1.807) is 0 Å². The zero-order valence-corrected chi connectivity index (χ0v) is 9.58. The maximum Gasteiger partial charge on any atom is 0.0110 e. The first-order chi connectivity index (χ1) is 6.75. The Morgan fingerprint density at radius 3 is 2.36 bits per heavy atom. The zero-order valence-electron chi connectivity index (χ0n) is 9.58. The van der Waals surface area contributed by atoms with Gasteiger partial charge in [-0.2, -0.15) is 0 Å². The summed E-state index contributed by atoms with van der Waals surface area (Å²) in [4.78, 5) is 7.54. The Kier molecular flexibility index (Phi) is 3.42. The fourth-order valence-electron chi connectivity index (χ4n) is 2.07. The highest BCUT2D eigenvalue weighted by Gasteiger charge is 2.26. The van der Waals surface area contributed by atoms with E-state index in [9.17, 15) is 0 Å². The van der Waals surface area contributed by atoms with Crippen LogP contribution in [-0.4, -0.2) is 74.1 Å². The number of likely N-dealkylation sites (N-methyl/N-ethyl adjacent to an activating group) is 2. The maximum absolute atomic E-state index is 2.60. The summed E-state index contributed by atoms with van der Waals surface area (Å²) in [6.07, 6.45) is 2.86. The van der Waals surface area contributed by atoms with E-state index in [0.717, 1.165) is 6.04 Å². The lowest BCUT2D eigenvalue weighted by atomic mass is 10.3. The van der Waals surface area contributed by atoms with Crippen LogP contribution >= 0.6 is 0 Å². The third-order valence-electron chi connectivity index (χ3n) is 3.54. The Labute approximate surface area is 87.7 Å². The average molecular weight is 197 g/mol. The molecule has 0 aromatic heterocycles. The molecule has 0 aromatic rings. The van der Waals surface area contributed by atoms with Gasteiger partial charge in [0.25, 0.3) is 0 Å². The predicted octanol–water partition coefficient (Wildman–Crippen LogP) is 0.328. The molecule has 14 heavy (non-hydrogen) atoms. The molecule has 0 N–H and O–H groups in total. The van der Waals surface area contributed by atoms with Crippen LogP contribution in [0.3, 0.4) is 0 Å². The zero-order chi connectivity index (χ0) is 9.97. The molecule has 0 bridgehead atoms. The van der Waals surface area contributed by atoms with E-state index in [1.165, 1.54) is 52.1 Å². The van der Waals surface area contributed by atoms with Crippen LogP contribution in [0.15, 0.2) is 0 Å². The maximum atomic E-state index is 2.60. The van der Waals surface area contributed by atoms with Gasteiger partial charge in [-0.05, 0) is 26.9 Å². The van der Waals surface area contributed by atoms with E-state index in [1.807, 2.05) is 0 Å². The molecule has 82 valence electrons. The van der Waals surface area contributed by atoms with Gasteiger partial charge in [0.05, 0.1) is 0 Å². The van der Waals surface area contributed by atoms with E-state index in [-0.39, 0.29) is 0 Å². The smallest absolute Gasteiger partial charge is 0.0110 e. The van der Waals surface area contributed by atoms with Crippen molar-refractivity contribution in [3.63, 3.8) is 0 Å². The van der Waals surface area contributed by atoms with Crippen molar-refractivity contribution in [3.8, 4) is 0 Å². The summed E-state index contributed by atoms with van der Waals surface area (Å²) in [5, 5.41) is 0. The summed E-state index contributed by atoms with van der Waals surface area (Å²) in [6.45, 7) is 7.53. The summed E-state index contributed by atoms with van der Waals surface area (Å²) in [5.74, 6) is 0. The molecule has 0 unspecified atom stereocenters. The Morgan fingerprint density at radius 2 is 1.79 bits per heavy atom. The number of hydrogen-bond donors (Lipinski definition) is 0. The van der Waals surface area contributed by atoms with Gasteiger partial charge in [-0.15, -0.1) is 0 Å². The molecule has 1 aliphatic heterocycles. The Morgan fingerprint density at radius 1 is 1.14 bits per heavy atom. The van der Waals surface area contributed by atoms with Crippen LogP contribution in [0.1, 0.15) is 12.8 Å². The fourth-order valence-corrected chi connectivity index (χ4v) is 2.07. The highest BCUT2D eigenvalue weighted by atomic mass is 15.3. The van der Waals surface area contributed by atoms with Crippen LogP contribution < -0.4 is 0 Å². The molecular formula is C11H23N3. The minimum atomic E-state index is 0.919. The number of hydrogen-bond acceptors (Lipinski definition) is 3.